The van der Waals surface area contributed by atoms with Gasteiger partial charge in [0.15, 0.2) is 0 Å². The summed E-state index contributed by atoms with van der Waals surface area (Å²) in [4.78, 5) is 36.8. The minimum atomic E-state index is -1.20. The maximum absolute atomic E-state index is 13.0. The van der Waals surface area contributed by atoms with E-state index in [9.17, 15) is 19.5 Å². The lowest BCUT2D eigenvalue weighted by Crippen LogP contribution is -2.50. The topological polar surface area (TPSA) is 114 Å². The molecule has 8 heteroatoms. The fourth-order valence-corrected chi connectivity index (χ4v) is 2.81. The van der Waals surface area contributed by atoms with Gasteiger partial charge in [0.25, 0.3) is 0 Å². The molecule has 1 aromatic rings. The lowest BCUT2D eigenvalue weighted by atomic mass is 9.98. The van der Waals surface area contributed by atoms with Gasteiger partial charge in [0.1, 0.15) is 11.6 Å². The second-order valence-electron chi connectivity index (χ2n) is 8.09. The van der Waals surface area contributed by atoms with Crippen LogP contribution < -0.4 is 10.6 Å². The predicted molar refractivity (Wildman–Crippen MR) is 113 cm³/mol. The number of aliphatic hydroxyl groups is 1. The number of hydrogen-bond acceptors (Lipinski definition) is 6. The van der Waals surface area contributed by atoms with Crippen LogP contribution in [0, 0.1) is 0 Å². The van der Waals surface area contributed by atoms with Crippen molar-refractivity contribution in [3.63, 3.8) is 0 Å². The van der Waals surface area contributed by atoms with E-state index in [2.05, 4.69) is 15.4 Å². The van der Waals surface area contributed by atoms with Crippen molar-refractivity contribution in [3.05, 3.63) is 35.9 Å². The van der Waals surface area contributed by atoms with Gasteiger partial charge < -0.3 is 25.2 Å². The SMILES string of the molecule is CCCC[C@H](NC(=O)OC(C)(C)C)C(=O)NC(c1ccccc1)C(O)CC(=O)OC. The number of unbranched alkanes of at least 4 members (excludes halogenated alkanes) is 1. The highest BCUT2D eigenvalue weighted by molar-refractivity contribution is 5.86. The number of nitrogens with one attached hydrogen (secondary N) is 2. The molecule has 0 bridgehead atoms. The number of hydrogen-bond donors (Lipinski definition) is 3. The minimum absolute atomic E-state index is 0.282. The minimum Gasteiger partial charge on any atom is -0.469 e. The van der Waals surface area contributed by atoms with Crippen LogP contribution in [0.1, 0.15) is 65.0 Å². The molecule has 2 unspecified atom stereocenters. The number of aliphatic hydroxyl groups excluding tert-OH is 1. The van der Waals surface area contributed by atoms with Gasteiger partial charge in [-0.3, -0.25) is 9.59 Å². The van der Waals surface area contributed by atoms with E-state index >= 15 is 0 Å². The van der Waals surface area contributed by atoms with Crippen LogP contribution in [0.5, 0.6) is 0 Å². The van der Waals surface area contributed by atoms with Crippen molar-refractivity contribution in [1.29, 1.82) is 0 Å². The number of amides is 2. The monoisotopic (exact) mass is 422 g/mol. The molecule has 2 amide bonds. The van der Waals surface area contributed by atoms with Crippen LogP contribution >= 0.6 is 0 Å². The molecule has 3 atom stereocenters. The van der Waals surface area contributed by atoms with E-state index in [0.29, 0.717) is 18.4 Å². The summed E-state index contributed by atoms with van der Waals surface area (Å²) in [5.41, 5.74) is -0.0622. The highest BCUT2D eigenvalue weighted by Crippen LogP contribution is 2.20. The molecule has 1 rings (SSSR count). The highest BCUT2D eigenvalue weighted by atomic mass is 16.6. The average Bonchev–Trinajstić information content (AvgIpc) is 2.68. The maximum Gasteiger partial charge on any atom is 0.408 e. The van der Waals surface area contributed by atoms with Crippen LogP contribution in [-0.2, 0) is 19.1 Å². The van der Waals surface area contributed by atoms with Gasteiger partial charge in [0.05, 0.1) is 25.7 Å². The third kappa shape index (κ3) is 9.26. The first-order valence-corrected chi connectivity index (χ1v) is 10.2. The maximum atomic E-state index is 13.0. The van der Waals surface area contributed by atoms with Gasteiger partial charge in [0.2, 0.25) is 5.91 Å². The third-order valence-electron chi connectivity index (χ3n) is 4.30. The lowest BCUT2D eigenvalue weighted by molar-refractivity contribution is -0.143. The normalized spacial score (nSPS) is 14.2. The van der Waals surface area contributed by atoms with Gasteiger partial charge in [0, 0.05) is 0 Å². The Bertz CT molecular complexity index is 687. The molecule has 1 aromatic carbocycles. The zero-order chi connectivity index (χ0) is 22.7. The van der Waals surface area contributed by atoms with Crippen molar-refractivity contribution < 1.29 is 29.0 Å². The lowest BCUT2D eigenvalue weighted by Gasteiger charge is -2.28. The average molecular weight is 423 g/mol. The summed E-state index contributed by atoms with van der Waals surface area (Å²) in [7, 11) is 1.23. The van der Waals surface area contributed by atoms with Gasteiger partial charge in [-0.15, -0.1) is 0 Å². The predicted octanol–water partition coefficient (Wildman–Crippen LogP) is 2.85. The summed E-state index contributed by atoms with van der Waals surface area (Å²) in [5, 5.41) is 16.0. The number of esters is 1. The molecular formula is C22H34N2O6. The first-order valence-electron chi connectivity index (χ1n) is 10.2. The molecule has 168 valence electrons. The molecule has 0 heterocycles. The summed E-state index contributed by atoms with van der Waals surface area (Å²) in [6, 6.07) is 7.16. The standard InChI is InChI=1S/C22H34N2O6/c1-6-7-13-16(23-21(28)30-22(2,3)4)20(27)24-19(15-11-9-8-10-12-15)17(25)14-18(26)29-5/h8-12,16-17,19,25H,6-7,13-14H2,1-5H3,(H,23,28)(H,24,27)/t16-,17?,19?/m0/s1. The van der Waals surface area contributed by atoms with Crippen LogP contribution in [0.15, 0.2) is 30.3 Å². The van der Waals surface area contributed by atoms with Gasteiger partial charge >= 0.3 is 12.1 Å². The van der Waals surface area contributed by atoms with E-state index in [-0.39, 0.29) is 6.42 Å². The fraction of sp³-hybridized carbons (Fsp3) is 0.591. The Morgan fingerprint density at radius 3 is 2.27 bits per heavy atom. The molecule has 3 N–H and O–H groups in total. The number of alkyl carbamates (subject to hydrolysis) is 1. The first kappa shape index (κ1) is 25.4. The second-order valence-corrected chi connectivity index (χ2v) is 8.09. The zero-order valence-electron chi connectivity index (χ0n) is 18.4. The van der Waals surface area contributed by atoms with Gasteiger partial charge in [-0.05, 0) is 32.8 Å². The Hall–Kier alpha value is -2.61. The van der Waals surface area contributed by atoms with Crippen LogP contribution in [-0.4, -0.2) is 47.9 Å². The Morgan fingerprint density at radius 2 is 1.73 bits per heavy atom. The van der Waals surface area contributed by atoms with E-state index < -0.39 is 41.8 Å². The smallest absolute Gasteiger partial charge is 0.408 e. The quantitative estimate of drug-likeness (QED) is 0.500. The molecule has 0 aliphatic carbocycles. The molecule has 0 saturated heterocycles. The summed E-state index contributed by atoms with van der Waals surface area (Å²) in [6.45, 7) is 7.20. The molecular weight excluding hydrogens is 388 g/mol. The first-order chi connectivity index (χ1) is 14.1. The van der Waals surface area contributed by atoms with Crippen LogP contribution in [0.3, 0.4) is 0 Å². The number of carbonyl (C=O) groups is 3. The molecule has 0 aliphatic heterocycles. The Balaban J connectivity index is 3.00. The Labute approximate surface area is 178 Å². The summed E-state index contributed by atoms with van der Waals surface area (Å²) < 4.78 is 9.89. The van der Waals surface area contributed by atoms with Crippen molar-refractivity contribution in [3.8, 4) is 0 Å². The number of benzene rings is 1. The summed E-state index contributed by atoms with van der Waals surface area (Å²) >= 11 is 0. The summed E-state index contributed by atoms with van der Waals surface area (Å²) in [6.07, 6.45) is -0.199. The largest absolute Gasteiger partial charge is 0.469 e. The van der Waals surface area contributed by atoms with Crippen molar-refractivity contribution >= 4 is 18.0 Å². The second kappa shape index (κ2) is 12.2. The molecule has 30 heavy (non-hydrogen) atoms. The van der Waals surface area contributed by atoms with E-state index in [1.807, 2.05) is 13.0 Å². The molecule has 0 fully saturated rings. The molecule has 0 aliphatic rings. The molecule has 0 radical (unpaired) electrons. The third-order valence-corrected chi connectivity index (χ3v) is 4.30. The van der Waals surface area contributed by atoms with E-state index in [4.69, 9.17) is 4.74 Å². The summed E-state index contributed by atoms with van der Waals surface area (Å²) in [5.74, 6) is -1.06. The Kier molecular flexibility index (Phi) is 10.3. The molecule has 0 spiro atoms. The van der Waals surface area contributed by atoms with E-state index in [1.54, 1.807) is 45.0 Å². The zero-order valence-corrected chi connectivity index (χ0v) is 18.4. The van der Waals surface area contributed by atoms with Crippen molar-refractivity contribution in [2.24, 2.45) is 0 Å². The van der Waals surface area contributed by atoms with Crippen molar-refractivity contribution in [2.45, 2.75) is 77.2 Å². The number of rotatable bonds is 10. The van der Waals surface area contributed by atoms with Gasteiger partial charge in [-0.25, -0.2) is 4.79 Å². The van der Waals surface area contributed by atoms with Crippen molar-refractivity contribution in [2.75, 3.05) is 7.11 Å². The molecule has 8 nitrogen and oxygen atoms in total. The highest BCUT2D eigenvalue weighted by Gasteiger charge is 2.30. The van der Waals surface area contributed by atoms with E-state index in [0.717, 1.165) is 6.42 Å². The Morgan fingerprint density at radius 1 is 1.10 bits per heavy atom. The van der Waals surface area contributed by atoms with Crippen molar-refractivity contribution in [1.82, 2.24) is 10.6 Å². The van der Waals surface area contributed by atoms with E-state index in [1.165, 1.54) is 7.11 Å². The van der Waals surface area contributed by atoms with Gasteiger partial charge in [-0.1, -0.05) is 50.1 Å². The number of ether oxygens (including phenoxy) is 2. The molecule has 0 aromatic heterocycles. The number of methoxy groups -OCH3 is 1. The fourth-order valence-electron chi connectivity index (χ4n) is 2.81. The van der Waals surface area contributed by atoms with Crippen LogP contribution in [0.2, 0.25) is 0 Å². The van der Waals surface area contributed by atoms with Crippen LogP contribution in [0.25, 0.3) is 0 Å². The molecule has 0 saturated carbocycles. The van der Waals surface area contributed by atoms with Gasteiger partial charge in [-0.2, -0.15) is 0 Å². The number of carbonyl (C=O) groups excluding carboxylic acids is 3. The van der Waals surface area contributed by atoms with Crippen LogP contribution in [0.4, 0.5) is 4.79 Å².